The minimum absolute atomic E-state index is 0.164. The topological polar surface area (TPSA) is 48.1 Å². The van der Waals surface area contributed by atoms with E-state index in [4.69, 9.17) is 10.5 Å². The summed E-state index contributed by atoms with van der Waals surface area (Å²) in [5.41, 5.74) is 6.45. The van der Waals surface area contributed by atoms with Gasteiger partial charge in [0, 0.05) is 22.9 Å². The van der Waals surface area contributed by atoms with Crippen molar-refractivity contribution in [2.75, 3.05) is 12.8 Å². The molecule has 3 nitrogen and oxygen atoms in total. The predicted molar refractivity (Wildman–Crippen MR) is 60.6 cm³/mol. The Balaban J connectivity index is 2.59. The number of rotatable bonds is 2. The van der Waals surface area contributed by atoms with Crippen LogP contribution in [-0.2, 0) is 0 Å². The molecule has 2 aromatic rings. The summed E-state index contributed by atoms with van der Waals surface area (Å²) in [5.74, 6) is -0.734. The van der Waals surface area contributed by atoms with Gasteiger partial charge in [0.05, 0.1) is 13.3 Å². The van der Waals surface area contributed by atoms with Crippen molar-refractivity contribution >= 4 is 5.69 Å². The molecule has 2 rings (SSSR count). The first-order valence-electron chi connectivity index (χ1n) is 4.86. The molecule has 0 saturated carbocycles. The molecule has 17 heavy (non-hydrogen) atoms. The van der Waals surface area contributed by atoms with Crippen molar-refractivity contribution in [1.82, 2.24) is 4.98 Å². The van der Waals surface area contributed by atoms with Crippen LogP contribution < -0.4 is 10.5 Å². The van der Waals surface area contributed by atoms with Crippen molar-refractivity contribution in [3.05, 3.63) is 42.1 Å². The first kappa shape index (κ1) is 11.3. The predicted octanol–water partition coefficient (Wildman–Crippen LogP) is 2.62. The molecular formula is C12H10F2N2O. The smallest absolute Gasteiger partial charge is 0.213 e. The van der Waals surface area contributed by atoms with E-state index in [0.29, 0.717) is 5.56 Å². The molecule has 2 N–H and O–H groups in total. The molecule has 0 aliphatic rings. The van der Waals surface area contributed by atoms with Crippen molar-refractivity contribution in [2.24, 2.45) is 0 Å². The van der Waals surface area contributed by atoms with Gasteiger partial charge in [-0.15, -0.1) is 0 Å². The van der Waals surface area contributed by atoms with Gasteiger partial charge in [0.15, 0.2) is 0 Å². The lowest BCUT2D eigenvalue weighted by Gasteiger charge is -2.08. The van der Waals surface area contributed by atoms with Crippen LogP contribution in [0.25, 0.3) is 11.1 Å². The van der Waals surface area contributed by atoms with Crippen molar-refractivity contribution in [1.29, 1.82) is 0 Å². The third-order valence-corrected chi connectivity index (χ3v) is 2.34. The minimum atomic E-state index is -0.538. The van der Waals surface area contributed by atoms with Gasteiger partial charge in [-0.25, -0.2) is 13.8 Å². The maximum atomic E-state index is 13.6. The molecule has 0 unspecified atom stereocenters. The molecule has 0 aliphatic carbocycles. The van der Waals surface area contributed by atoms with Crippen LogP contribution in [0.1, 0.15) is 0 Å². The summed E-state index contributed by atoms with van der Waals surface area (Å²) in [5, 5.41) is 0. The first-order valence-corrected chi connectivity index (χ1v) is 4.86. The molecule has 0 radical (unpaired) electrons. The molecule has 0 fully saturated rings. The highest BCUT2D eigenvalue weighted by molar-refractivity contribution is 5.76. The third-order valence-electron chi connectivity index (χ3n) is 2.34. The van der Waals surface area contributed by atoms with E-state index in [1.807, 2.05) is 0 Å². The van der Waals surface area contributed by atoms with Crippen LogP contribution in [0.5, 0.6) is 5.88 Å². The Kier molecular flexibility index (Phi) is 2.91. The normalized spacial score (nSPS) is 10.3. The van der Waals surface area contributed by atoms with Crippen LogP contribution in [0.15, 0.2) is 30.5 Å². The van der Waals surface area contributed by atoms with Crippen LogP contribution >= 0.6 is 0 Å². The molecule has 1 aromatic heterocycles. The molecule has 0 saturated heterocycles. The summed E-state index contributed by atoms with van der Waals surface area (Å²) in [4.78, 5) is 3.72. The molecular weight excluding hydrogens is 226 g/mol. The summed E-state index contributed by atoms with van der Waals surface area (Å²) in [6, 6.07) is 5.20. The molecule has 88 valence electrons. The fraction of sp³-hybridized carbons (Fsp3) is 0.0833. The number of methoxy groups -OCH3 is 1. The average molecular weight is 236 g/mol. The highest BCUT2D eigenvalue weighted by Gasteiger charge is 2.11. The summed E-state index contributed by atoms with van der Waals surface area (Å²) < 4.78 is 31.4. The Morgan fingerprint density at radius 3 is 2.59 bits per heavy atom. The average Bonchev–Trinajstić information content (AvgIpc) is 2.30. The van der Waals surface area contributed by atoms with Crippen molar-refractivity contribution in [3.63, 3.8) is 0 Å². The number of anilines is 1. The fourth-order valence-corrected chi connectivity index (χ4v) is 1.52. The standard InChI is InChI=1S/C12H10F2N2O/c1-17-12-5-9(10(14)6-16-12)8-3-2-7(13)4-11(8)15/h2-6H,15H2,1H3. The van der Waals surface area contributed by atoms with Crippen molar-refractivity contribution in [3.8, 4) is 17.0 Å². The number of pyridine rings is 1. The van der Waals surface area contributed by atoms with Crippen molar-refractivity contribution in [2.45, 2.75) is 0 Å². The van der Waals surface area contributed by atoms with Gasteiger partial charge >= 0.3 is 0 Å². The molecule has 0 spiro atoms. The lowest BCUT2D eigenvalue weighted by molar-refractivity contribution is 0.396. The zero-order chi connectivity index (χ0) is 12.4. The zero-order valence-electron chi connectivity index (χ0n) is 9.08. The Morgan fingerprint density at radius 2 is 1.94 bits per heavy atom. The SMILES string of the molecule is COc1cc(-c2ccc(F)cc2N)c(F)cn1. The maximum Gasteiger partial charge on any atom is 0.213 e. The highest BCUT2D eigenvalue weighted by atomic mass is 19.1. The molecule has 0 aliphatic heterocycles. The second kappa shape index (κ2) is 4.37. The van der Waals surface area contributed by atoms with Crippen LogP contribution in [0.3, 0.4) is 0 Å². The largest absolute Gasteiger partial charge is 0.481 e. The number of hydrogen-bond donors (Lipinski definition) is 1. The van der Waals surface area contributed by atoms with Gasteiger partial charge in [-0.3, -0.25) is 0 Å². The second-order valence-electron chi connectivity index (χ2n) is 3.44. The minimum Gasteiger partial charge on any atom is -0.481 e. The van der Waals surface area contributed by atoms with E-state index in [1.54, 1.807) is 0 Å². The summed E-state index contributed by atoms with van der Waals surface area (Å²) in [6.07, 6.45) is 1.04. The molecule has 0 amide bonds. The molecule has 5 heteroatoms. The van der Waals surface area contributed by atoms with Gasteiger partial charge in [-0.2, -0.15) is 0 Å². The van der Waals surface area contributed by atoms with Crippen molar-refractivity contribution < 1.29 is 13.5 Å². The summed E-state index contributed by atoms with van der Waals surface area (Å²) in [7, 11) is 1.43. The van der Waals surface area contributed by atoms with Gasteiger partial charge in [-0.1, -0.05) is 0 Å². The number of hydrogen-bond acceptors (Lipinski definition) is 3. The van der Waals surface area contributed by atoms with Gasteiger partial charge < -0.3 is 10.5 Å². The molecule has 1 heterocycles. The van der Waals surface area contributed by atoms with Crippen LogP contribution in [0, 0.1) is 11.6 Å². The Hall–Kier alpha value is -2.17. The number of nitrogen functional groups attached to an aromatic ring is 1. The Bertz CT molecular complexity index is 558. The number of benzene rings is 1. The summed E-state index contributed by atoms with van der Waals surface area (Å²) >= 11 is 0. The lowest BCUT2D eigenvalue weighted by Crippen LogP contribution is -1.96. The Labute approximate surface area is 96.9 Å². The van der Waals surface area contributed by atoms with E-state index >= 15 is 0 Å². The van der Waals surface area contributed by atoms with E-state index in [0.717, 1.165) is 12.3 Å². The maximum absolute atomic E-state index is 13.6. The monoisotopic (exact) mass is 236 g/mol. The van der Waals surface area contributed by atoms with E-state index in [-0.39, 0.29) is 17.1 Å². The van der Waals surface area contributed by atoms with Gasteiger partial charge in [-0.05, 0) is 18.2 Å². The number of aromatic nitrogens is 1. The van der Waals surface area contributed by atoms with Crippen LogP contribution in [-0.4, -0.2) is 12.1 Å². The summed E-state index contributed by atoms with van der Waals surface area (Å²) in [6.45, 7) is 0. The molecule has 0 atom stereocenters. The van der Waals surface area contributed by atoms with Crippen LogP contribution in [0.4, 0.5) is 14.5 Å². The third kappa shape index (κ3) is 2.18. The van der Waals surface area contributed by atoms with Crippen LogP contribution in [0.2, 0.25) is 0 Å². The van der Waals surface area contributed by atoms with E-state index in [9.17, 15) is 8.78 Å². The van der Waals surface area contributed by atoms with Gasteiger partial charge in [0.1, 0.15) is 11.6 Å². The Morgan fingerprint density at radius 1 is 1.18 bits per heavy atom. The van der Waals surface area contributed by atoms with E-state index in [2.05, 4.69) is 4.98 Å². The fourth-order valence-electron chi connectivity index (χ4n) is 1.52. The number of nitrogens with zero attached hydrogens (tertiary/aromatic N) is 1. The van der Waals surface area contributed by atoms with E-state index in [1.165, 1.54) is 25.3 Å². The zero-order valence-corrected chi connectivity index (χ0v) is 9.08. The van der Waals surface area contributed by atoms with E-state index < -0.39 is 11.6 Å². The highest BCUT2D eigenvalue weighted by Crippen LogP contribution is 2.30. The first-order chi connectivity index (χ1) is 8.11. The number of nitrogens with two attached hydrogens (primary N) is 1. The second-order valence-corrected chi connectivity index (χ2v) is 3.44. The number of halogens is 2. The quantitative estimate of drug-likeness (QED) is 0.815. The number of ether oxygens (including phenoxy) is 1. The lowest BCUT2D eigenvalue weighted by atomic mass is 10.0. The molecule has 1 aromatic carbocycles. The molecule has 0 bridgehead atoms. The van der Waals surface area contributed by atoms with Gasteiger partial charge in [0.2, 0.25) is 5.88 Å². The van der Waals surface area contributed by atoms with Gasteiger partial charge in [0.25, 0.3) is 0 Å².